The molecule has 1 N–H and O–H groups in total. The highest BCUT2D eigenvalue weighted by molar-refractivity contribution is 5.80. The van der Waals surface area contributed by atoms with Gasteiger partial charge in [-0.2, -0.15) is 0 Å². The molecule has 4 nitrogen and oxygen atoms in total. The molecule has 0 unspecified atom stereocenters. The molecule has 0 aromatic heterocycles. The molecule has 1 aromatic carbocycles. The third-order valence-electron chi connectivity index (χ3n) is 4.61. The number of benzene rings is 1. The molecule has 1 heterocycles. The van der Waals surface area contributed by atoms with Gasteiger partial charge >= 0.3 is 0 Å². The monoisotopic (exact) mass is 332 g/mol. The van der Waals surface area contributed by atoms with Crippen molar-refractivity contribution in [1.29, 1.82) is 0 Å². The van der Waals surface area contributed by atoms with Gasteiger partial charge in [-0.05, 0) is 43.7 Å². The lowest BCUT2D eigenvalue weighted by Gasteiger charge is -2.34. The van der Waals surface area contributed by atoms with Crippen LogP contribution in [-0.4, -0.2) is 43.1 Å². The number of nitrogens with one attached hydrogen (secondary N) is 1. The number of carbonyl (C=O) groups is 1. The van der Waals surface area contributed by atoms with Crippen LogP contribution in [0.1, 0.15) is 39.2 Å². The molecule has 4 heteroatoms. The van der Waals surface area contributed by atoms with E-state index >= 15 is 0 Å². The number of ether oxygens (including phenoxy) is 1. The van der Waals surface area contributed by atoms with Gasteiger partial charge in [-0.3, -0.25) is 4.79 Å². The van der Waals surface area contributed by atoms with E-state index in [0.29, 0.717) is 6.61 Å². The number of carbonyl (C=O) groups excluding carboxylic acids is 1. The predicted molar refractivity (Wildman–Crippen MR) is 97.7 cm³/mol. The van der Waals surface area contributed by atoms with Gasteiger partial charge in [-0.25, -0.2) is 0 Å². The summed E-state index contributed by atoms with van der Waals surface area (Å²) in [5.41, 5.74) is 1.09. The fraction of sp³-hybridized carbons (Fsp3) is 0.650. The van der Waals surface area contributed by atoms with E-state index in [-0.39, 0.29) is 5.91 Å². The Morgan fingerprint density at radius 1 is 1.25 bits per heavy atom. The van der Waals surface area contributed by atoms with E-state index in [1.807, 2.05) is 37.3 Å². The van der Waals surface area contributed by atoms with Gasteiger partial charge in [-0.1, -0.05) is 44.2 Å². The van der Waals surface area contributed by atoms with E-state index in [4.69, 9.17) is 4.74 Å². The summed E-state index contributed by atoms with van der Waals surface area (Å²) in [7, 11) is 0. The summed E-state index contributed by atoms with van der Waals surface area (Å²) in [4.78, 5) is 14.6. The minimum atomic E-state index is -0.416. The van der Waals surface area contributed by atoms with Crippen molar-refractivity contribution in [1.82, 2.24) is 10.2 Å². The summed E-state index contributed by atoms with van der Waals surface area (Å²) < 4.78 is 5.64. The van der Waals surface area contributed by atoms with Crippen LogP contribution in [0.2, 0.25) is 0 Å². The largest absolute Gasteiger partial charge is 0.364 e. The molecular formula is C20H32N2O2. The second-order valence-corrected chi connectivity index (χ2v) is 7.29. The first-order valence-corrected chi connectivity index (χ1v) is 9.20. The topological polar surface area (TPSA) is 41.6 Å². The second kappa shape index (κ2) is 9.80. The maximum Gasteiger partial charge on any atom is 0.248 e. The summed E-state index contributed by atoms with van der Waals surface area (Å²) in [6.45, 7) is 11.1. The molecule has 2 rings (SSSR count). The van der Waals surface area contributed by atoms with Crippen LogP contribution in [0.3, 0.4) is 0 Å². The Morgan fingerprint density at radius 2 is 1.92 bits per heavy atom. The van der Waals surface area contributed by atoms with Crippen molar-refractivity contribution in [3.63, 3.8) is 0 Å². The van der Waals surface area contributed by atoms with Crippen LogP contribution >= 0.6 is 0 Å². The molecule has 1 aliphatic heterocycles. The van der Waals surface area contributed by atoms with Gasteiger partial charge in [0.25, 0.3) is 0 Å². The molecule has 134 valence electrons. The lowest BCUT2D eigenvalue weighted by Crippen LogP contribution is -2.41. The summed E-state index contributed by atoms with van der Waals surface area (Å²) in [5.74, 6) is 1.55. The first-order chi connectivity index (χ1) is 11.5. The van der Waals surface area contributed by atoms with E-state index in [0.717, 1.165) is 36.9 Å². The first kappa shape index (κ1) is 18.9. The summed E-state index contributed by atoms with van der Waals surface area (Å²) in [6.07, 6.45) is 1.92. The smallest absolute Gasteiger partial charge is 0.248 e. The Kier molecular flexibility index (Phi) is 7.73. The molecule has 1 aliphatic rings. The van der Waals surface area contributed by atoms with Crippen molar-refractivity contribution < 1.29 is 9.53 Å². The standard InChI is InChI=1S/C20H32N2O2/c1-16-12-17(2)14-22(13-16)11-7-10-21-20(23)18(3)24-15-19-8-5-4-6-9-19/h4-6,8-9,16-18H,7,10-15H2,1-3H3,(H,21,23)/t16-,17+,18-/m0/s1. The Hall–Kier alpha value is -1.39. The molecule has 0 saturated carbocycles. The van der Waals surface area contributed by atoms with Gasteiger partial charge in [0.05, 0.1) is 6.61 Å². The van der Waals surface area contributed by atoms with Gasteiger partial charge in [0, 0.05) is 19.6 Å². The SMILES string of the molecule is C[C@@H]1C[C@H](C)CN(CCCNC(=O)[C@H](C)OCc2ccccc2)C1. The lowest BCUT2D eigenvalue weighted by atomic mass is 9.92. The third kappa shape index (κ3) is 6.62. The zero-order valence-corrected chi connectivity index (χ0v) is 15.3. The highest BCUT2D eigenvalue weighted by Gasteiger charge is 2.21. The number of piperidine rings is 1. The number of likely N-dealkylation sites (tertiary alicyclic amines) is 1. The normalized spacial score (nSPS) is 23.0. The van der Waals surface area contributed by atoms with E-state index < -0.39 is 6.10 Å². The van der Waals surface area contributed by atoms with Crippen molar-refractivity contribution in [2.24, 2.45) is 11.8 Å². The van der Waals surface area contributed by atoms with Gasteiger partial charge in [0.15, 0.2) is 0 Å². The van der Waals surface area contributed by atoms with Crippen molar-refractivity contribution >= 4 is 5.91 Å². The van der Waals surface area contributed by atoms with Crippen LogP contribution in [0.15, 0.2) is 30.3 Å². The van der Waals surface area contributed by atoms with Crippen LogP contribution in [-0.2, 0) is 16.1 Å². The molecule has 3 atom stereocenters. The maximum absolute atomic E-state index is 12.1. The predicted octanol–water partition coefficient (Wildman–Crippen LogP) is 3.08. The Labute approximate surface area is 146 Å². The van der Waals surface area contributed by atoms with Crippen molar-refractivity contribution in [3.8, 4) is 0 Å². The van der Waals surface area contributed by atoms with Crippen LogP contribution in [0.5, 0.6) is 0 Å². The fourth-order valence-electron chi connectivity index (χ4n) is 3.50. The zero-order valence-electron chi connectivity index (χ0n) is 15.3. The van der Waals surface area contributed by atoms with E-state index in [1.165, 1.54) is 19.5 Å². The quantitative estimate of drug-likeness (QED) is 0.744. The molecule has 24 heavy (non-hydrogen) atoms. The number of hydrogen-bond donors (Lipinski definition) is 1. The van der Waals surface area contributed by atoms with Crippen molar-refractivity contribution in [3.05, 3.63) is 35.9 Å². The number of nitrogens with zero attached hydrogens (tertiary/aromatic N) is 1. The molecule has 1 saturated heterocycles. The summed E-state index contributed by atoms with van der Waals surface area (Å²) in [5, 5.41) is 2.99. The van der Waals surface area contributed by atoms with E-state index in [2.05, 4.69) is 24.1 Å². The average molecular weight is 332 g/mol. The Balaban J connectivity index is 1.58. The van der Waals surface area contributed by atoms with Gasteiger partial charge in [-0.15, -0.1) is 0 Å². The van der Waals surface area contributed by atoms with E-state index in [1.54, 1.807) is 0 Å². The highest BCUT2D eigenvalue weighted by atomic mass is 16.5. The first-order valence-electron chi connectivity index (χ1n) is 9.20. The molecule has 1 aromatic rings. The molecule has 1 fully saturated rings. The van der Waals surface area contributed by atoms with Crippen LogP contribution in [0.25, 0.3) is 0 Å². The minimum Gasteiger partial charge on any atom is -0.364 e. The zero-order chi connectivity index (χ0) is 17.4. The molecular weight excluding hydrogens is 300 g/mol. The van der Waals surface area contributed by atoms with Gasteiger partial charge < -0.3 is 15.0 Å². The molecule has 0 bridgehead atoms. The van der Waals surface area contributed by atoms with Crippen molar-refractivity contribution in [2.45, 2.75) is 46.3 Å². The Morgan fingerprint density at radius 3 is 2.58 bits per heavy atom. The van der Waals surface area contributed by atoms with Crippen LogP contribution in [0, 0.1) is 11.8 Å². The number of rotatable bonds is 8. The Bertz CT molecular complexity index is 482. The number of hydrogen-bond acceptors (Lipinski definition) is 3. The summed E-state index contributed by atoms with van der Waals surface area (Å²) >= 11 is 0. The summed E-state index contributed by atoms with van der Waals surface area (Å²) in [6, 6.07) is 9.94. The van der Waals surface area contributed by atoms with E-state index in [9.17, 15) is 4.79 Å². The van der Waals surface area contributed by atoms with Gasteiger partial charge in [0.1, 0.15) is 6.10 Å². The molecule has 0 aliphatic carbocycles. The number of amides is 1. The molecule has 1 amide bonds. The van der Waals surface area contributed by atoms with Crippen LogP contribution in [0.4, 0.5) is 0 Å². The lowest BCUT2D eigenvalue weighted by molar-refractivity contribution is -0.132. The third-order valence-corrected chi connectivity index (χ3v) is 4.61. The van der Waals surface area contributed by atoms with Gasteiger partial charge in [0.2, 0.25) is 5.91 Å². The fourth-order valence-corrected chi connectivity index (χ4v) is 3.50. The highest BCUT2D eigenvalue weighted by Crippen LogP contribution is 2.20. The van der Waals surface area contributed by atoms with Crippen LogP contribution < -0.4 is 5.32 Å². The van der Waals surface area contributed by atoms with Crippen molar-refractivity contribution in [2.75, 3.05) is 26.2 Å². The second-order valence-electron chi connectivity index (χ2n) is 7.29. The average Bonchev–Trinajstić information content (AvgIpc) is 2.56. The molecule has 0 radical (unpaired) electrons. The molecule has 0 spiro atoms. The maximum atomic E-state index is 12.1. The minimum absolute atomic E-state index is 0.0219.